The highest BCUT2D eigenvalue weighted by Crippen LogP contribution is 2.54. The fraction of sp³-hybridized carbons (Fsp3) is 0.500. The second kappa shape index (κ2) is 10.4. The van der Waals surface area contributed by atoms with Gasteiger partial charge in [-0.15, -0.1) is 0 Å². The minimum Gasteiger partial charge on any atom is -0.507 e. The number of hydrogen-bond acceptors (Lipinski definition) is 10. The van der Waals surface area contributed by atoms with E-state index in [1.165, 1.54) is 6.07 Å². The van der Waals surface area contributed by atoms with Crippen LogP contribution in [0.1, 0.15) is 67.6 Å². The molecule has 5 unspecified atom stereocenters. The van der Waals surface area contributed by atoms with Gasteiger partial charge in [0, 0.05) is 30.0 Å². The molecular weight excluding hydrogens is 538 g/mol. The Morgan fingerprint density at radius 3 is 2.69 bits per heavy atom. The van der Waals surface area contributed by atoms with Gasteiger partial charge in [-0.25, -0.2) is 4.79 Å². The Hall–Kier alpha value is -3.44. The zero-order valence-electron chi connectivity index (χ0n) is 24.4. The van der Waals surface area contributed by atoms with Crippen LogP contribution in [-0.4, -0.2) is 48.1 Å². The van der Waals surface area contributed by atoms with Gasteiger partial charge < -0.3 is 40.5 Å². The molecule has 1 aromatic heterocycles. The smallest absolute Gasteiger partial charge is 0.341 e. The minimum atomic E-state index is -1.08. The molecule has 2 aromatic carbocycles. The predicted octanol–water partition coefficient (Wildman–Crippen LogP) is 3.29. The molecule has 3 aliphatic rings. The van der Waals surface area contributed by atoms with E-state index in [-0.39, 0.29) is 34.2 Å². The van der Waals surface area contributed by atoms with Crippen molar-refractivity contribution >= 4 is 16.9 Å². The number of esters is 1. The molecule has 3 aliphatic heterocycles. The second-order valence-corrected chi connectivity index (χ2v) is 12.5. The maximum Gasteiger partial charge on any atom is 0.341 e. The topological polar surface area (TPSA) is 163 Å². The van der Waals surface area contributed by atoms with E-state index in [4.69, 9.17) is 30.1 Å². The van der Waals surface area contributed by atoms with Crippen molar-refractivity contribution in [1.29, 1.82) is 0 Å². The van der Waals surface area contributed by atoms with E-state index < -0.39 is 35.4 Å². The fourth-order valence-electron chi connectivity index (χ4n) is 6.96. The number of phenols is 1. The van der Waals surface area contributed by atoms with Gasteiger partial charge >= 0.3 is 5.97 Å². The van der Waals surface area contributed by atoms with E-state index in [9.17, 15) is 14.7 Å². The first-order valence-corrected chi connectivity index (χ1v) is 14.6. The number of carbonyl (C=O) groups excluding carboxylic acids is 1. The third kappa shape index (κ3) is 4.86. The Morgan fingerprint density at radius 1 is 1.17 bits per heavy atom. The molecule has 0 amide bonds. The van der Waals surface area contributed by atoms with Gasteiger partial charge in [0.25, 0.3) is 0 Å². The van der Waals surface area contributed by atoms with Crippen LogP contribution in [0, 0.1) is 12.8 Å². The first-order valence-electron chi connectivity index (χ1n) is 14.6. The maximum atomic E-state index is 14.0. The quantitative estimate of drug-likeness (QED) is 0.201. The number of fused-ring (bicyclic) bond motifs is 4. The molecule has 0 aliphatic carbocycles. The van der Waals surface area contributed by atoms with Crippen molar-refractivity contribution in [2.45, 2.75) is 81.9 Å². The first-order chi connectivity index (χ1) is 19.9. The van der Waals surface area contributed by atoms with Gasteiger partial charge in [-0.2, -0.15) is 0 Å². The highest BCUT2D eigenvalue weighted by atomic mass is 16.7. The molecule has 5 atom stereocenters. The Balaban J connectivity index is 1.39. The minimum absolute atomic E-state index is 0.0965. The van der Waals surface area contributed by atoms with Crippen molar-refractivity contribution in [3.63, 3.8) is 0 Å². The Morgan fingerprint density at radius 2 is 1.95 bits per heavy atom. The van der Waals surface area contributed by atoms with Gasteiger partial charge in [0.15, 0.2) is 11.0 Å². The average Bonchev–Trinajstić information content (AvgIpc) is 3.60. The van der Waals surface area contributed by atoms with E-state index in [1.807, 2.05) is 45.2 Å². The molecule has 4 heterocycles. The molecule has 224 valence electrons. The summed E-state index contributed by atoms with van der Waals surface area (Å²) in [6.45, 7) is 6.13. The number of phenolic OH excluding ortho intramolecular Hbond substituents is 1. The SMILES string of the molecule is CNCC1CCC2(OC2Cc2cccc(C(N)N)c2)C(=O)OC2C(C1)c1c(cc3oc(C)cc(=O)c3c1O)OC2(C)C. The van der Waals surface area contributed by atoms with Gasteiger partial charge in [-0.05, 0) is 70.7 Å². The molecule has 10 nitrogen and oxygen atoms in total. The van der Waals surface area contributed by atoms with E-state index in [2.05, 4.69) is 5.32 Å². The number of aryl methyl sites for hydroxylation is 1. The normalized spacial score (nSPS) is 28.3. The summed E-state index contributed by atoms with van der Waals surface area (Å²) >= 11 is 0. The molecule has 42 heavy (non-hydrogen) atoms. The molecule has 2 fully saturated rings. The van der Waals surface area contributed by atoms with Gasteiger partial charge in [0.1, 0.15) is 46.0 Å². The number of carbonyl (C=O) groups is 1. The highest BCUT2D eigenvalue weighted by molar-refractivity contribution is 5.88. The van der Waals surface area contributed by atoms with E-state index in [0.717, 1.165) is 11.1 Å². The van der Waals surface area contributed by atoms with E-state index in [1.54, 1.807) is 13.0 Å². The number of epoxide rings is 1. The lowest BCUT2D eigenvalue weighted by atomic mass is 9.75. The summed E-state index contributed by atoms with van der Waals surface area (Å²) in [4.78, 5) is 26.9. The predicted molar refractivity (Wildman–Crippen MR) is 156 cm³/mol. The lowest BCUT2D eigenvalue weighted by Gasteiger charge is -2.45. The standard InChI is InChI=1S/C32H39N3O7/c1-16-10-21(36)26-22(39-16)14-23-25(27(26)37)20-12-18(15-35-4)8-9-32(30(38)40-28(20)31(2,3)41-23)24(42-32)13-17-6-5-7-19(11-17)29(33)34/h5-7,10-11,14,18,20,24,28-29,35,37H,8-9,12-13,15,33-34H2,1-4H3. The Labute approximate surface area is 244 Å². The molecule has 0 bridgehead atoms. The lowest BCUT2D eigenvalue weighted by Crippen LogP contribution is -2.52. The number of benzene rings is 2. The molecule has 2 saturated heterocycles. The zero-order chi connectivity index (χ0) is 30.0. The van der Waals surface area contributed by atoms with Crippen LogP contribution in [0.5, 0.6) is 11.5 Å². The number of aromatic hydroxyl groups is 1. The fourth-order valence-corrected chi connectivity index (χ4v) is 6.96. The van der Waals surface area contributed by atoms with Crippen molar-refractivity contribution in [3.05, 3.63) is 69.1 Å². The number of ether oxygens (including phenoxy) is 3. The monoisotopic (exact) mass is 577 g/mol. The largest absolute Gasteiger partial charge is 0.507 e. The van der Waals surface area contributed by atoms with Crippen LogP contribution in [0.15, 0.2) is 45.6 Å². The third-order valence-corrected chi connectivity index (χ3v) is 9.07. The molecule has 10 heteroatoms. The van der Waals surface area contributed by atoms with Gasteiger partial charge in [-0.3, -0.25) is 4.79 Å². The summed E-state index contributed by atoms with van der Waals surface area (Å²) in [6, 6.07) is 10.7. The second-order valence-electron chi connectivity index (χ2n) is 12.5. The Kier molecular flexibility index (Phi) is 7.08. The summed E-state index contributed by atoms with van der Waals surface area (Å²) in [5, 5.41) is 14.9. The first kappa shape index (κ1) is 28.7. The number of rotatable bonds is 5. The molecule has 3 aromatic rings. The molecule has 6 rings (SSSR count). The molecule has 1 spiro atoms. The summed E-state index contributed by atoms with van der Waals surface area (Å²) in [7, 11) is 1.90. The summed E-state index contributed by atoms with van der Waals surface area (Å²) in [6.07, 6.45) is 0.641. The van der Waals surface area contributed by atoms with Crippen LogP contribution in [0.2, 0.25) is 0 Å². The van der Waals surface area contributed by atoms with Crippen molar-refractivity contribution < 1.29 is 28.5 Å². The maximum absolute atomic E-state index is 14.0. The van der Waals surface area contributed by atoms with Crippen LogP contribution in [0.25, 0.3) is 11.0 Å². The van der Waals surface area contributed by atoms with Crippen LogP contribution in [0.4, 0.5) is 0 Å². The van der Waals surface area contributed by atoms with Crippen molar-refractivity contribution in [3.8, 4) is 11.5 Å². The third-order valence-electron chi connectivity index (χ3n) is 9.07. The highest BCUT2D eigenvalue weighted by Gasteiger charge is 2.65. The van der Waals surface area contributed by atoms with Crippen LogP contribution >= 0.6 is 0 Å². The summed E-state index contributed by atoms with van der Waals surface area (Å²) in [5.41, 5.74) is 11.9. The summed E-state index contributed by atoms with van der Waals surface area (Å²) in [5.74, 6) is -0.0583. The zero-order valence-corrected chi connectivity index (χ0v) is 24.4. The molecule has 0 radical (unpaired) electrons. The number of hydrogen-bond donors (Lipinski definition) is 4. The molecule has 0 saturated carbocycles. The number of nitrogens with one attached hydrogen (secondary N) is 1. The van der Waals surface area contributed by atoms with Crippen molar-refractivity contribution in [2.24, 2.45) is 17.4 Å². The lowest BCUT2D eigenvalue weighted by molar-refractivity contribution is -0.170. The van der Waals surface area contributed by atoms with Crippen LogP contribution in [-0.2, 0) is 20.7 Å². The van der Waals surface area contributed by atoms with Crippen LogP contribution in [0.3, 0.4) is 0 Å². The van der Waals surface area contributed by atoms with E-state index in [0.29, 0.717) is 49.3 Å². The number of nitrogens with two attached hydrogens (primary N) is 2. The summed E-state index contributed by atoms with van der Waals surface area (Å²) < 4.78 is 24.7. The Bertz CT molecular complexity index is 1600. The molecule has 6 N–H and O–H groups in total. The van der Waals surface area contributed by atoms with Crippen molar-refractivity contribution in [2.75, 3.05) is 13.6 Å². The van der Waals surface area contributed by atoms with Gasteiger partial charge in [0.2, 0.25) is 0 Å². The van der Waals surface area contributed by atoms with Gasteiger partial charge in [-0.1, -0.05) is 24.3 Å². The van der Waals surface area contributed by atoms with Gasteiger partial charge in [0.05, 0.1) is 6.17 Å². The van der Waals surface area contributed by atoms with Crippen molar-refractivity contribution in [1.82, 2.24) is 5.32 Å². The average molecular weight is 578 g/mol. The van der Waals surface area contributed by atoms with Crippen LogP contribution < -0.4 is 26.9 Å². The molecular formula is C32H39N3O7. The van der Waals surface area contributed by atoms with E-state index >= 15 is 0 Å².